The van der Waals surface area contributed by atoms with Crippen LogP contribution >= 0.6 is 23.2 Å². The molecule has 5 aromatic rings. The Morgan fingerprint density at radius 1 is 0.800 bits per heavy atom. The molecule has 0 radical (unpaired) electrons. The van der Waals surface area contributed by atoms with Gasteiger partial charge in [0, 0.05) is 12.0 Å². The van der Waals surface area contributed by atoms with Crippen molar-refractivity contribution >= 4 is 46.5 Å². The first kappa shape index (κ1) is 25.9. The van der Waals surface area contributed by atoms with Crippen molar-refractivity contribution in [2.24, 2.45) is 5.10 Å². The first-order chi connectivity index (χ1) is 19.5. The number of allylic oxidation sites excluding steroid dienone is 1. The smallest absolute Gasteiger partial charge is 0.221 e. The van der Waals surface area contributed by atoms with E-state index >= 15 is 0 Å². The number of carbonyl (C=O) groups is 1. The molecule has 6 heteroatoms. The number of rotatable bonds is 7. The van der Waals surface area contributed by atoms with E-state index in [0.29, 0.717) is 15.8 Å². The highest BCUT2D eigenvalue weighted by Gasteiger charge is 2.29. The number of nitrogens with zero attached hydrogens (tertiary/aromatic N) is 2. The van der Waals surface area contributed by atoms with Gasteiger partial charge in [0.15, 0.2) is 5.76 Å². The van der Waals surface area contributed by atoms with Crippen LogP contribution in [0.15, 0.2) is 131 Å². The average molecular weight is 563 g/mol. The predicted octanol–water partition coefficient (Wildman–Crippen LogP) is 9.51. The molecule has 1 aliphatic rings. The lowest BCUT2D eigenvalue weighted by molar-refractivity contribution is 0.102. The average Bonchev–Trinajstić information content (AvgIpc) is 3.67. The maximum absolute atomic E-state index is 12.8. The molecule has 0 fully saturated rings. The standard InChI is InChI=1S/C34H24Cl2N2O2/c35-28-17-14-26(21-29(28)36)33-19-20-34(40-33)32(39)18-13-23-11-15-27(16-12-23)38-31(25-9-5-2-6-10-25)22-30(37-38)24-7-3-1-4-8-24/h1-21,31H,22H2/b18-13+. The van der Waals surface area contributed by atoms with Gasteiger partial charge in [-0.2, -0.15) is 5.10 Å². The number of carbonyl (C=O) groups excluding carboxylic acids is 1. The van der Waals surface area contributed by atoms with Crippen molar-refractivity contribution in [2.45, 2.75) is 12.5 Å². The van der Waals surface area contributed by atoms with Gasteiger partial charge in [0.25, 0.3) is 0 Å². The fraction of sp³-hybridized carbons (Fsp3) is 0.0588. The van der Waals surface area contributed by atoms with Crippen molar-refractivity contribution in [2.75, 3.05) is 5.01 Å². The maximum Gasteiger partial charge on any atom is 0.221 e. The van der Waals surface area contributed by atoms with Gasteiger partial charge in [-0.25, -0.2) is 0 Å². The molecule has 1 aromatic heterocycles. The van der Waals surface area contributed by atoms with Crippen molar-refractivity contribution in [1.29, 1.82) is 0 Å². The molecular formula is C34H24Cl2N2O2. The van der Waals surface area contributed by atoms with E-state index in [1.54, 1.807) is 36.4 Å². The first-order valence-electron chi connectivity index (χ1n) is 12.9. The molecule has 0 aliphatic carbocycles. The van der Waals surface area contributed by atoms with Crippen LogP contribution in [0.4, 0.5) is 5.69 Å². The lowest BCUT2D eigenvalue weighted by atomic mass is 9.98. The molecule has 40 heavy (non-hydrogen) atoms. The summed E-state index contributed by atoms with van der Waals surface area (Å²) < 4.78 is 5.78. The fourth-order valence-corrected chi connectivity index (χ4v) is 5.05. The van der Waals surface area contributed by atoms with Crippen molar-refractivity contribution in [3.63, 3.8) is 0 Å². The second kappa shape index (κ2) is 11.4. The molecule has 2 heterocycles. The molecule has 1 unspecified atom stereocenters. The third kappa shape index (κ3) is 5.50. The van der Waals surface area contributed by atoms with Crippen LogP contribution in [-0.4, -0.2) is 11.5 Å². The van der Waals surface area contributed by atoms with E-state index in [9.17, 15) is 4.79 Å². The lowest BCUT2D eigenvalue weighted by Crippen LogP contribution is -2.18. The highest BCUT2D eigenvalue weighted by molar-refractivity contribution is 6.42. The Labute approximate surface area is 242 Å². The van der Waals surface area contributed by atoms with Gasteiger partial charge in [0.2, 0.25) is 5.78 Å². The molecule has 0 spiro atoms. The Hall–Kier alpha value is -4.38. The Kier molecular flexibility index (Phi) is 7.37. The summed E-state index contributed by atoms with van der Waals surface area (Å²) in [5.41, 5.74) is 6.04. The number of furan rings is 1. The summed E-state index contributed by atoms with van der Waals surface area (Å²) in [4.78, 5) is 12.8. The summed E-state index contributed by atoms with van der Waals surface area (Å²) in [7, 11) is 0. The number of halogens is 2. The minimum atomic E-state index is -0.226. The van der Waals surface area contributed by atoms with E-state index < -0.39 is 0 Å². The molecular weight excluding hydrogens is 539 g/mol. The molecule has 0 N–H and O–H groups in total. The molecule has 0 saturated heterocycles. The normalized spacial score (nSPS) is 15.0. The topological polar surface area (TPSA) is 45.8 Å². The SMILES string of the molecule is O=C(/C=C/c1ccc(N2N=C(c3ccccc3)CC2c2ccccc2)cc1)c1ccc(-c2ccc(Cl)c(Cl)c2)o1. The Morgan fingerprint density at radius 2 is 1.52 bits per heavy atom. The summed E-state index contributed by atoms with van der Waals surface area (Å²) >= 11 is 12.1. The van der Waals surface area contributed by atoms with Gasteiger partial charge in [-0.05, 0) is 65.2 Å². The number of hydrogen-bond acceptors (Lipinski definition) is 4. The van der Waals surface area contributed by atoms with Crippen LogP contribution in [0.1, 0.15) is 39.7 Å². The molecule has 196 valence electrons. The summed E-state index contributed by atoms with van der Waals surface area (Å²) in [5, 5.41) is 8.00. The van der Waals surface area contributed by atoms with Crippen LogP contribution in [0.25, 0.3) is 17.4 Å². The summed E-state index contributed by atoms with van der Waals surface area (Å²) in [6.45, 7) is 0. The minimum absolute atomic E-state index is 0.100. The molecule has 1 atom stereocenters. The van der Waals surface area contributed by atoms with E-state index in [1.165, 1.54) is 11.6 Å². The summed E-state index contributed by atoms with van der Waals surface area (Å²) in [5.74, 6) is 0.573. The van der Waals surface area contributed by atoms with E-state index in [1.807, 2.05) is 48.5 Å². The molecule has 1 aliphatic heterocycles. The Balaban J connectivity index is 1.20. The molecule has 0 saturated carbocycles. The quantitative estimate of drug-likeness (QED) is 0.146. The third-order valence-electron chi connectivity index (χ3n) is 6.84. The third-order valence-corrected chi connectivity index (χ3v) is 7.58. The lowest BCUT2D eigenvalue weighted by Gasteiger charge is -2.24. The molecule has 0 bridgehead atoms. The van der Waals surface area contributed by atoms with Crippen molar-refractivity contribution in [3.8, 4) is 11.3 Å². The Morgan fingerprint density at radius 3 is 2.25 bits per heavy atom. The zero-order valence-corrected chi connectivity index (χ0v) is 22.9. The highest BCUT2D eigenvalue weighted by Crippen LogP contribution is 2.37. The van der Waals surface area contributed by atoms with Gasteiger partial charge < -0.3 is 4.42 Å². The highest BCUT2D eigenvalue weighted by atomic mass is 35.5. The largest absolute Gasteiger partial charge is 0.453 e. The fourth-order valence-electron chi connectivity index (χ4n) is 4.76. The van der Waals surface area contributed by atoms with E-state index in [2.05, 4.69) is 41.4 Å². The van der Waals surface area contributed by atoms with Gasteiger partial charge in [-0.3, -0.25) is 9.80 Å². The van der Waals surface area contributed by atoms with Crippen LogP contribution in [0.5, 0.6) is 0 Å². The monoisotopic (exact) mass is 562 g/mol. The van der Waals surface area contributed by atoms with Crippen molar-refractivity contribution in [1.82, 2.24) is 0 Å². The number of benzene rings is 4. The van der Waals surface area contributed by atoms with Crippen molar-refractivity contribution in [3.05, 3.63) is 154 Å². The molecule has 4 nitrogen and oxygen atoms in total. The molecule has 4 aromatic carbocycles. The number of ketones is 1. The maximum atomic E-state index is 12.8. The number of hydrogen-bond donors (Lipinski definition) is 0. The number of anilines is 1. The predicted molar refractivity (Wildman–Crippen MR) is 163 cm³/mol. The van der Waals surface area contributed by atoms with Crippen LogP contribution in [0.2, 0.25) is 10.0 Å². The van der Waals surface area contributed by atoms with Gasteiger partial charge in [0.1, 0.15) is 5.76 Å². The van der Waals surface area contributed by atoms with Gasteiger partial charge in [-0.15, -0.1) is 0 Å². The number of hydrazone groups is 1. The second-order valence-corrected chi connectivity index (χ2v) is 10.3. The van der Waals surface area contributed by atoms with Gasteiger partial charge in [-0.1, -0.05) is 102 Å². The van der Waals surface area contributed by atoms with Crippen LogP contribution in [0, 0.1) is 0 Å². The van der Waals surface area contributed by atoms with Gasteiger partial charge >= 0.3 is 0 Å². The van der Waals surface area contributed by atoms with Crippen LogP contribution in [0.3, 0.4) is 0 Å². The van der Waals surface area contributed by atoms with Crippen LogP contribution in [-0.2, 0) is 0 Å². The summed E-state index contributed by atoms with van der Waals surface area (Å²) in [6, 6.07) is 37.5. The van der Waals surface area contributed by atoms with E-state index in [4.69, 9.17) is 32.7 Å². The van der Waals surface area contributed by atoms with Crippen molar-refractivity contribution < 1.29 is 9.21 Å². The van der Waals surface area contributed by atoms with E-state index in [0.717, 1.165) is 34.5 Å². The molecule has 0 amide bonds. The molecule has 6 rings (SSSR count). The van der Waals surface area contributed by atoms with Crippen LogP contribution < -0.4 is 5.01 Å². The van der Waals surface area contributed by atoms with Gasteiger partial charge in [0.05, 0.1) is 27.5 Å². The van der Waals surface area contributed by atoms with E-state index in [-0.39, 0.29) is 17.6 Å². The zero-order valence-electron chi connectivity index (χ0n) is 21.4. The second-order valence-electron chi connectivity index (χ2n) is 9.47. The minimum Gasteiger partial charge on any atom is -0.453 e. The Bertz CT molecular complexity index is 1710. The summed E-state index contributed by atoms with van der Waals surface area (Å²) in [6.07, 6.45) is 4.11. The first-order valence-corrected chi connectivity index (χ1v) is 13.7. The zero-order chi connectivity index (χ0) is 27.5.